The summed E-state index contributed by atoms with van der Waals surface area (Å²) in [4.78, 5) is 11.3. The zero-order valence-electron chi connectivity index (χ0n) is 9.94. The number of hydrogen-bond donors (Lipinski definition) is 0. The van der Waals surface area contributed by atoms with Gasteiger partial charge in [0.2, 0.25) is 0 Å². The van der Waals surface area contributed by atoms with Crippen molar-refractivity contribution >= 4 is 5.97 Å². The first kappa shape index (κ1) is 13.4. The zero-order valence-corrected chi connectivity index (χ0v) is 9.94. The molecule has 1 rings (SSSR count). The van der Waals surface area contributed by atoms with Crippen LogP contribution in [0.4, 0.5) is 0 Å². The molecule has 0 amide bonds. The van der Waals surface area contributed by atoms with Gasteiger partial charge < -0.3 is 18.9 Å². The smallest absolute Gasteiger partial charge is 0.363 e. The Morgan fingerprint density at radius 2 is 2.25 bits per heavy atom. The van der Waals surface area contributed by atoms with Gasteiger partial charge in [0.15, 0.2) is 0 Å². The predicted octanol–water partition coefficient (Wildman–Crippen LogP) is 1.11. The highest BCUT2D eigenvalue weighted by Crippen LogP contribution is 2.12. The number of cyclic esters (lactones) is 1. The predicted molar refractivity (Wildman–Crippen MR) is 57.0 cm³/mol. The molecule has 0 saturated carbocycles. The Kier molecular flexibility index (Phi) is 6.37. The number of rotatable bonds is 7. The molecule has 94 valence electrons. The van der Waals surface area contributed by atoms with Gasteiger partial charge in [-0.3, -0.25) is 0 Å². The highest BCUT2D eigenvalue weighted by atomic mass is 16.7. The average molecular weight is 232 g/mol. The molecule has 16 heavy (non-hydrogen) atoms. The molecule has 1 saturated heterocycles. The van der Waals surface area contributed by atoms with Gasteiger partial charge in [-0.1, -0.05) is 13.3 Å². The van der Waals surface area contributed by atoms with E-state index in [1.165, 1.54) is 7.11 Å². The van der Waals surface area contributed by atoms with Gasteiger partial charge >= 0.3 is 5.97 Å². The van der Waals surface area contributed by atoms with E-state index in [4.69, 9.17) is 18.9 Å². The molecule has 0 aromatic rings. The third-order valence-electron chi connectivity index (χ3n) is 2.35. The van der Waals surface area contributed by atoms with Gasteiger partial charge in [0.1, 0.15) is 6.10 Å². The molecule has 0 aromatic heterocycles. The van der Waals surface area contributed by atoms with Crippen molar-refractivity contribution in [2.75, 3.05) is 26.9 Å². The summed E-state index contributed by atoms with van der Waals surface area (Å²) in [5.74, 6) is -0.452. The SMILES string of the molecule is CCCCOCC[C@H]1CO[C@@H](OC)C(=O)O1. The normalized spacial score (nSPS) is 25.5. The number of ether oxygens (including phenoxy) is 4. The van der Waals surface area contributed by atoms with Crippen LogP contribution in [0.25, 0.3) is 0 Å². The van der Waals surface area contributed by atoms with E-state index < -0.39 is 12.3 Å². The maximum absolute atomic E-state index is 11.3. The van der Waals surface area contributed by atoms with Gasteiger partial charge in [-0.2, -0.15) is 0 Å². The monoisotopic (exact) mass is 232 g/mol. The van der Waals surface area contributed by atoms with Gasteiger partial charge in [-0.25, -0.2) is 4.79 Å². The second kappa shape index (κ2) is 7.60. The summed E-state index contributed by atoms with van der Waals surface area (Å²) in [5, 5.41) is 0. The number of carbonyl (C=O) groups is 1. The molecule has 0 aromatic carbocycles. The van der Waals surface area contributed by atoms with Crippen LogP contribution in [0.15, 0.2) is 0 Å². The minimum Gasteiger partial charge on any atom is -0.456 e. The van der Waals surface area contributed by atoms with Crippen LogP contribution in [0.2, 0.25) is 0 Å². The van der Waals surface area contributed by atoms with E-state index >= 15 is 0 Å². The van der Waals surface area contributed by atoms with Gasteiger partial charge in [0.05, 0.1) is 13.2 Å². The third-order valence-corrected chi connectivity index (χ3v) is 2.35. The van der Waals surface area contributed by atoms with Crippen molar-refractivity contribution in [2.24, 2.45) is 0 Å². The topological polar surface area (TPSA) is 54.0 Å². The van der Waals surface area contributed by atoms with Crippen LogP contribution in [-0.4, -0.2) is 45.3 Å². The van der Waals surface area contributed by atoms with Crippen molar-refractivity contribution < 1.29 is 23.7 Å². The largest absolute Gasteiger partial charge is 0.456 e. The first-order valence-corrected chi connectivity index (χ1v) is 5.70. The van der Waals surface area contributed by atoms with Crippen molar-refractivity contribution in [2.45, 2.75) is 38.6 Å². The van der Waals surface area contributed by atoms with Crippen LogP contribution in [0.5, 0.6) is 0 Å². The van der Waals surface area contributed by atoms with Crippen LogP contribution in [0.1, 0.15) is 26.2 Å². The molecular weight excluding hydrogens is 212 g/mol. The summed E-state index contributed by atoms with van der Waals surface area (Å²) in [7, 11) is 1.42. The molecule has 1 aliphatic rings. The van der Waals surface area contributed by atoms with Crippen molar-refractivity contribution in [1.29, 1.82) is 0 Å². The molecule has 0 bridgehead atoms. The summed E-state index contributed by atoms with van der Waals surface area (Å²) >= 11 is 0. The number of unbranched alkanes of at least 4 members (excludes halogenated alkanes) is 1. The fourth-order valence-electron chi connectivity index (χ4n) is 1.39. The van der Waals surface area contributed by atoms with Gasteiger partial charge in [-0.05, 0) is 6.42 Å². The van der Waals surface area contributed by atoms with Crippen LogP contribution >= 0.6 is 0 Å². The Morgan fingerprint density at radius 1 is 1.44 bits per heavy atom. The summed E-state index contributed by atoms with van der Waals surface area (Å²) in [5.41, 5.74) is 0. The molecule has 0 spiro atoms. The van der Waals surface area contributed by atoms with E-state index in [2.05, 4.69) is 6.92 Å². The lowest BCUT2D eigenvalue weighted by Crippen LogP contribution is -2.41. The minimum atomic E-state index is -0.864. The van der Waals surface area contributed by atoms with Gasteiger partial charge in [0, 0.05) is 20.1 Å². The number of hydrogen-bond acceptors (Lipinski definition) is 5. The van der Waals surface area contributed by atoms with E-state index in [-0.39, 0.29) is 6.10 Å². The third kappa shape index (κ3) is 4.47. The fraction of sp³-hybridized carbons (Fsp3) is 0.909. The van der Waals surface area contributed by atoms with E-state index in [1.54, 1.807) is 0 Å². The van der Waals surface area contributed by atoms with Crippen molar-refractivity contribution in [1.82, 2.24) is 0 Å². The number of esters is 1. The lowest BCUT2D eigenvalue weighted by molar-refractivity contribution is -0.224. The Balaban J connectivity index is 2.08. The molecule has 1 aliphatic heterocycles. The highest BCUT2D eigenvalue weighted by molar-refractivity contribution is 5.73. The van der Waals surface area contributed by atoms with Gasteiger partial charge in [-0.15, -0.1) is 0 Å². The lowest BCUT2D eigenvalue weighted by atomic mass is 10.2. The first-order valence-electron chi connectivity index (χ1n) is 5.70. The summed E-state index contributed by atoms with van der Waals surface area (Å²) < 4.78 is 20.5. The maximum Gasteiger partial charge on any atom is 0.363 e. The van der Waals surface area contributed by atoms with E-state index in [1.807, 2.05) is 0 Å². The Hall–Kier alpha value is -0.650. The Labute approximate surface area is 96.0 Å². The second-order valence-corrected chi connectivity index (χ2v) is 3.71. The van der Waals surface area contributed by atoms with Crippen LogP contribution in [0.3, 0.4) is 0 Å². The fourth-order valence-corrected chi connectivity index (χ4v) is 1.39. The summed E-state index contributed by atoms with van der Waals surface area (Å²) in [6.45, 7) is 3.85. The van der Waals surface area contributed by atoms with Crippen LogP contribution < -0.4 is 0 Å². The molecule has 1 fully saturated rings. The van der Waals surface area contributed by atoms with Crippen molar-refractivity contribution in [3.05, 3.63) is 0 Å². The van der Waals surface area contributed by atoms with E-state index in [0.29, 0.717) is 19.6 Å². The maximum atomic E-state index is 11.3. The minimum absolute atomic E-state index is 0.208. The van der Waals surface area contributed by atoms with Crippen LogP contribution in [0, 0.1) is 0 Å². The molecule has 5 nitrogen and oxygen atoms in total. The Bertz CT molecular complexity index is 207. The lowest BCUT2D eigenvalue weighted by Gasteiger charge is -2.27. The standard InChI is InChI=1S/C11H20O5/c1-3-4-6-14-7-5-9-8-15-11(13-2)10(12)16-9/h9,11H,3-8H2,1-2H3/t9-,11+/m0/s1. The molecular formula is C11H20O5. The molecule has 5 heteroatoms. The molecule has 0 N–H and O–H groups in total. The number of methoxy groups -OCH3 is 1. The Morgan fingerprint density at radius 3 is 2.88 bits per heavy atom. The van der Waals surface area contributed by atoms with Crippen molar-refractivity contribution in [3.63, 3.8) is 0 Å². The molecule has 0 unspecified atom stereocenters. The van der Waals surface area contributed by atoms with E-state index in [0.717, 1.165) is 19.4 Å². The average Bonchev–Trinajstić information content (AvgIpc) is 2.29. The summed E-state index contributed by atoms with van der Waals surface area (Å²) in [6, 6.07) is 0. The second-order valence-electron chi connectivity index (χ2n) is 3.71. The van der Waals surface area contributed by atoms with E-state index in [9.17, 15) is 4.79 Å². The first-order chi connectivity index (χ1) is 7.77. The van der Waals surface area contributed by atoms with Crippen LogP contribution in [-0.2, 0) is 23.7 Å². The molecule has 2 atom stereocenters. The van der Waals surface area contributed by atoms with Gasteiger partial charge in [0.25, 0.3) is 6.29 Å². The molecule has 0 radical (unpaired) electrons. The molecule has 1 heterocycles. The summed E-state index contributed by atoms with van der Waals surface area (Å²) in [6.07, 6.45) is 1.79. The highest BCUT2D eigenvalue weighted by Gasteiger charge is 2.30. The molecule has 0 aliphatic carbocycles. The zero-order chi connectivity index (χ0) is 11.8. The van der Waals surface area contributed by atoms with Crippen molar-refractivity contribution in [3.8, 4) is 0 Å². The quantitative estimate of drug-likeness (QED) is 0.486. The number of carbonyl (C=O) groups excluding carboxylic acids is 1.